The molecule has 0 amide bonds. The maximum Gasteiger partial charge on any atom is 0.161 e. The number of nitrogens with one attached hydrogen (secondary N) is 1. The molecule has 1 aromatic rings. The Bertz CT molecular complexity index is 371. The summed E-state index contributed by atoms with van der Waals surface area (Å²) >= 11 is 0. The number of rotatable bonds is 7. The first-order chi connectivity index (χ1) is 8.95. The summed E-state index contributed by atoms with van der Waals surface area (Å²) in [6.07, 6.45) is 0. The highest BCUT2D eigenvalue weighted by atomic mass is 16.5. The molecule has 0 aliphatic rings. The van der Waals surface area contributed by atoms with Gasteiger partial charge >= 0.3 is 0 Å². The molecule has 3 nitrogen and oxygen atoms in total. The van der Waals surface area contributed by atoms with E-state index >= 15 is 0 Å². The lowest BCUT2D eigenvalue weighted by Gasteiger charge is -2.28. The number of benzene rings is 1. The highest BCUT2D eigenvalue weighted by Crippen LogP contribution is 2.26. The van der Waals surface area contributed by atoms with Gasteiger partial charge in [0.25, 0.3) is 0 Å². The Kier molecular flexibility index (Phi) is 6.16. The molecule has 0 spiro atoms. The van der Waals surface area contributed by atoms with Crippen LogP contribution in [0.25, 0.3) is 0 Å². The molecule has 3 heteroatoms. The summed E-state index contributed by atoms with van der Waals surface area (Å²) in [5, 5.41) is 3.48. The smallest absolute Gasteiger partial charge is 0.161 e. The van der Waals surface area contributed by atoms with Crippen LogP contribution in [0, 0.1) is 5.41 Å². The Balaban J connectivity index is 2.37. The van der Waals surface area contributed by atoms with E-state index in [1.165, 1.54) is 0 Å². The van der Waals surface area contributed by atoms with Crippen molar-refractivity contribution in [1.29, 1.82) is 0 Å². The van der Waals surface area contributed by atoms with Gasteiger partial charge in [-0.3, -0.25) is 0 Å². The molecular formula is C16H27NO2. The van der Waals surface area contributed by atoms with Gasteiger partial charge in [0.05, 0.1) is 6.61 Å². The molecule has 1 N–H and O–H groups in total. The van der Waals surface area contributed by atoms with E-state index in [9.17, 15) is 0 Å². The summed E-state index contributed by atoms with van der Waals surface area (Å²) in [7, 11) is 0. The number of hydrogen-bond donors (Lipinski definition) is 1. The predicted octanol–water partition coefficient (Wildman–Crippen LogP) is 3.49. The van der Waals surface area contributed by atoms with E-state index in [4.69, 9.17) is 9.47 Å². The Morgan fingerprint density at radius 2 is 1.68 bits per heavy atom. The lowest BCUT2D eigenvalue weighted by atomic mass is 9.88. The Morgan fingerprint density at radius 3 is 2.21 bits per heavy atom. The van der Waals surface area contributed by atoms with E-state index in [0.717, 1.165) is 18.0 Å². The molecule has 0 saturated carbocycles. The van der Waals surface area contributed by atoms with Gasteiger partial charge in [0.2, 0.25) is 0 Å². The zero-order valence-corrected chi connectivity index (χ0v) is 12.8. The van der Waals surface area contributed by atoms with Crippen LogP contribution in [0.2, 0.25) is 0 Å². The standard InChI is InChI=1S/C16H27NO2/c1-6-18-14-9-7-8-10-15(14)19-12-11-17-13(2)16(3,4)5/h7-10,13,17H,6,11-12H2,1-5H3. The first-order valence-electron chi connectivity index (χ1n) is 7.03. The topological polar surface area (TPSA) is 30.5 Å². The summed E-state index contributed by atoms with van der Waals surface area (Å²) in [6, 6.07) is 8.25. The second-order valence-electron chi connectivity index (χ2n) is 5.77. The minimum atomic E-state index is 0.267. The van der Waals surface area contributed by atoms with Gasteiger partial charge in [0, 0.05) is 12.6 Å². The molecule has 0 aliphatic carbocycles. The molecule has 0 aliphatic heterocycles. The van der Waals surface area contributed by atoms with Crippen LogP contribution >= 0.6 is 0 Å². The first kappa shape index (κ1) is 15.8. The zero-order chi connectivity index (χ0) is 14.3. The summed E-state index contributed by atoms with van der Waals surface area (Å²) in [5.41, 5.74) is 0.267. The van der Waals surface area contributed by atoms with Gasteiger partial charge < -0.3 is 14.8 Å². The molecule has 19 heavy (non-hydrogen) atoms. The first-order valence-corrected chi connectivity index (χ1v) is 7.03. The SMILES string of the molecule is CCOc1ccccc1OCCNC(C)C(C)(C)C. The largest absolute Gasteiger partial charge is 0.490 e. The second kappa shape index (κ2) is 7.39. The van der Waals surface area contributed by atoms with Crippen LogP contribution in [0.3, 0.4) is 0 Å². The maximum absolute atomic E-state index is 5.77. The Labute approximate surface area is 117 Å². The van der Waals surface area contributed by atoms with Crippen LogP contribution in [0.15, 0.2) is 24.3 Å². The number of hydrogen-bond acceptors (Lipinski definition) is 3. The molecule has 0 fully saturated rings. The van der Waals surface area contributed by atoms with Crippen molar-refractivity contribution in [3.63, 3.8) is 0 Å². The van der Waals surface area contributed by atoms with E-state index in [0.29, 0.717) is 19.3 Å². The third-order valence-electron chi connectivity index (χ3n) is 3.26. The Hall–Kier alpha value is -1.22. The van der Waals surface area contributed by atoms with Crippen LogP contribution < -0.4 is 14.8 Å². The number of para-hydroxylation sites is 2. The van der Waals surface area contributed by atoms with Gasteiger partial charge in [-0.1, -0.05) is 32.9 Å². The van der Waals surface area contributed by atoms with E-state index in [1.807, 2.05) is 31.2 Å². The molecule has 1 unspecified atom stereocenters. The highest BCUT2D eigenvalue weighted by Gasteiger charge is 2.18. The van der Waals surface area contributed by atoms with Gasteiger partial charge in [-0.25, -0.2) is 0 Å². The quantitative estimate of drug-likeness (QED) is 0.766. The van der Waals surface area contributed by atoms with E-state index in [1.54, 1.807) is 0 Å². The normalized spacial score (nSPS) is 13.1. The molecule has 0 aromatic heterocycles. The minimum absolute atomic E-state index is 0.267. The van der Waals surface area contributed by atoms with Crippen LogP contribution in [-0.4, -0.2) is 25.8 Å². The van der Waals surface area contributed by atoms with Crippen molar-refractivity contribution in [2.24, 2.45) is 5.41 Å². The van der Waals surface area contributed by atoms with Crippen molar-refractivity contribution in [2.45, 2.75) is 40.7 Å². The van der Waals surface area contributed by atoms with Crippen LogP contribution in [0.1, 0.15) is 34.6 Å². The lowest BCUT2D eigenvalue weighted by Crippen LogP contribution is -2.39. The van der Waals surface area contributed by atoms with Gasteiger partial charge in [-0.2, -0.15) is 0 Å². The molecule has 0 heterocycles. The number of ether oxygens (including phenoxy) is 2. The molecule has 108 valence electrons. The fraction of sp³-hybridized carbons (Fsp3) is 0.625. The van der Waals surface area contributed by atoms with E-state index in [2.05, 4.69) is 33.0 Å². The van der Waals surface area contributed by atoms with Crippen molar-refractivity contribution >= 4 is 0 Å². The highest BCUT2D eigenvalue weighted by molar-refractivity contribution is 5.39. The monoisotopic (exact) mass is 265 g/mol. The van der Waals surface area contributed by atoms with Crippen LogP contribution in [-0.2, 0) is 0 Å². The average Bonchev–Trinajstić information content (AvgIpc) is 2.35. The fourth-order valence-electron chi connectivity index (χ4n) is 1.59. The van der Waals surface area contributed by atoms with Crippen molar-refractivity contribution < 1.29 is 9.47 Å². The van der Waals surface area contributed by atoms with Crippen molar-refractivity contribution in [3.8, 4) is 11.5 Å². The fourth-order valence-corrected chi connectivity index (χ4v) is 1.59. The summed E-state index contributed by atoms with van der Waals surface area (Å²) in [6.45, 7) is 13.0. The second-order valence-corrected chi connectivity index (χ2v) is 5.77. The minimum Gasteiger partial charge on any atom is -0.490 e. The van der Waals surface area contributed by atoms with Gasteiger partial charge in [-0.05, 0) is 31.4 Å². The maximum atomic E-state index is 5.77. The van der Waals surface area contributed by atoms with Gasteiger partial charge in [-0.15, -0.1) is 0 Å². The predicted molar refractivity (Wildman–Crippen MR) is 80.0 cm³/mol. The average molecular weight is 265 g/mol. The lowest BCUT2D eigenvalue weighted by molar-refractivity contribution is 0.244. The Morgan fingerprint density at radius 1 is 1.11 bits per heavy atom. The summed E-state index contributed by atoms with van der Waals surface area (Å²) < 4.78 is 11.3. The van der Waals surface area contributed by atoms with Crippen molar-refractivity contribution in [2.75, 3.05) is 19.8 Å². The summed E-state index contributed by atoms with van der Waals surface area (Å²) in [5.74, 6) is 1.63. The molecule has 0 radical (unpaired) electrons. The molecule has 1 rings (SSSR count). The van der Waals surface area contributed by atoms with Gasteiger partial charge in [0.15, 0.2) is 11.5 Å². The molecular weight excluding hydrogens is 238 g/mol. The van der Waals surface area contributed by atoms with E-state index in [-0.39, 0.29) is 5.41 Å². The molecule has 1 atom stereocenters. The van der Waals surface area contributed by atoms with Crippen molar-refractivity contribution in [1.82, 2.24) is 5.32 Å². The van der Waals surface area contributed by atoms with Crippen LogP contribution in [0.4, 0.5) is 0 Å². The molecule has 0 bridgehead atoms. The molecule has 1 aromatic carbocycles. The van der Waals surface area contributed by atoms with Crippen LogP contribution in [0.5, 0.6) is 11.5 Å². The zero-order valence-electron chi connectivity index (χ0n) is 12.8. The van der Waals surface area contributed by atoms with Gasteiger partial charge in [0.1, 0.15) is 6.61 Å². The third-order valence-corrected chi connectivity index (χ3v) is 3.26. The summed E-state index contributed by atoms with van der Waals surface area (Å²) in [4.78, 5) is 0. The third kappa shape index (κ3) is 5.52. The van der Waals surface area contributed by atoms with Crippen molar-refractivity contribution in [3.05, 3.63) is 24.3 Å². The van der Waals surface area contributed by atoms with E-state index < -0.39 is 0 Å². The molecule has 0 saturated heterocycles.